The van der Waals surface area contributed by atoms with Crippen molar-refractivity contribution in [2.75, 3.05) is 19.7 Å². The number of hydrogen-bond acceptors (Lipinski definition) is 4. The summed E-state index contributed by atoms with van der Waals surface area (Å²) in [6, 6.07) is 8.27. The standard InChI is InChI=1S/C21H27N3O4/c25-19(23-16-3-4-16)13-28-18-7-1-14(2-8-18)9-10-22-21(27)15-11-20(26)24(12-15)17-5-6-17/h1-2,7-8,15-17H,3-6,9-13H2,(H,22,27)(H,23,25). The van der Waals surface area contributed by atoms with Crippen LogP contribution in [0.2, 0.25) is 0 Å². The topological polar surface area (TPSA) is 87.7 Å². The van der Waals surface area contributed by atoms with Crippen LogP contribution in [0, 0.1) is 5.92 Å². The minimum atomic E-state index is -0.217. The van der Waals surface area contributed by atoms with Crippen LogP contribution < -0.4 is 15.4 Å². The molecule has 7 heteroatoms. The highest BCUT2D eigenvalue weighted by molar-refractivity contribution is 5.89. The van der Waals surface area contributed by atoms with Crippen molar-refractivity contribution in [1.82, 2.24) is 15.5 Å². The Labute approximate surface area is 164 Å². The van der Waals surface area contributed by atoms with Crippen molar-refractivity contribution in [3.8, 4) is 5.75 Å². The van der Waals surface area contributed by atoms with E-state index in [0.29, 0.717) is 43.8 Å². The zero-order valence-electron chi connectivity index (χ0n) is 16.0. The maximum Gasteiger partial charge on any atom is 0.258 e. The van der Waals surface area contributed by atoms with Crippen LogP contribution in [0.1, 0.15) is 37.7 Å². The number of carbonyl (C=O) groups excluding carboxylic acids is 3. The number of hydrogen-bond donors (Lipinski definition) is 2. The van der Waals surface area contributed by atoms with Gasteiger partial charge in [-0.05, 0) is 49.8 Å². The molecule has 0 radical (unpaired) electrons. The maximum absolute atomic E-state index is 12.3. The van der Waals surface area contributed by atoms with E-state index in [2.05, 4.69) is 10.6 Å². The molecule has 150 valence electrons. The molecule has 1 aromatic rings. The van der Waals surface area contributed by atoms with Gasteiger partial charge in [0, 0.05) is 31.6 Å². The van der Waals surface area contributed by atoms with E-state index >= 15 is 0 Å². The number of nitrogens with zero attached hydrogens (tertiary/aromatic N) is 1. The first-order valence-corrected chi connectivity index (χ1v) is 10.2. The molecule has 2 N–H and O–H groups in total. The largest absolute Gasteiger partial charge is 0.484 e. The first-order valence-electron chi connectivity index (χ1n) is 10.2. The van der Waals surface area contributed by atoms with Crippen LogP contribution in [-0.2, 0) is 20.8 Å². The fraction of sp³-hybridized carbons (Fsp3) is 0.571. The van der Waals surface area contributed by atoms with Gasteiger partial charge in [0.05, 0.1) is 5.92 Å². The average Bonchev–Trinajstić information content (AvgIpc) is 3.61. The van der Waals surface area contributed by atoms with Gasteiger partial charge in [0.2, 0.25) is 11.8 Å². The summed E-state index contributed by atoms with van der Waals surface area (Å²) >= 11 is 0. The molecule has 0 aromatic heterocycles. The third kappa shape index (κ3) is 5.03. The lowest BCUT2D eigenvalue weighted by Gasteiger charge is -2.15. The molecule has 28 heavy (non-hydrogen) atoms. The summed E-state index contributed by atoms with van der Waals surface area (Å²) < 4.78 is 5.49. The number of ether oxygens (including phenoxy) is 1. The van der Waals surface area contributed by atoms with Crippen molar-refractivity contribution in [1.29, 1.82) is 0 Å². The molecule has 2 aliphatic carbocycles. The molecule has 1 aromatic carbocycles. The molecule has 1 saturated heterocycles. The summed E-state index contributed by atoms with van der Waals surface area (Å²) in [4.78, 5) is 37.8. The Kier molecular flexibility index (Phi) is 5.50. The highest BCUT2D eigenvalue weighted by Gasteiger charge is 2.41. The van der Waals surface area contributed by atoms with Gasteiger partial charge in [0.1, 0.15) is 5.75 Å². The minimum absolute atomic E-state index is 0.0295. The average molecular weight is 385 g/mol. The van der Waals surface area contributed by atoms with Crippen molar-refractivity contribution in [2.45, 2.75) is 50.6 Å². The molecular formula is C21H27N3O4. The van der Waals surface area contributed by atoms with E-state index in [1.165, 1.54) is 0 Å². The van der Waals surface area contributed by atoms with Crippen LogP contribution in [0.15, 0.2) is 24.3 Å². The predicted molar refractivity (Wildman–Crippen MR) is 103 cm³/mol. The van der Waals surface area contributed by atoms with Crippen molar-refractivity contribution in [2.24, 2.45) is 5.92 Å². The highest BCUT2D eigenvalue weighted by Crippen LogP contribution is 2.32. The fourth-order valence-corrected chi connectivity index (χ4v) is 3.52. The van der Waals surface area contributed by atoms with Gasteiger partial charge in [-0.3, -0.25) is 14.4 Å². The Balaban J connectivity index is 1.15. The monoisotopic (exact) mass is 385 g/mol. The van der Waals surface area contributed by atoms with Crippen LogP contribution in [0.4, 0.5) is 0 Å². The first-order chi connectivity index (χ1) is 13.6. The zero-order valence-corrected chi connectivity index (χ0v) is 16.0. The Morgan fingerprint density at radius 1 is 1.11 bits per heavy atom. The van der Waals surface area contributed by atoms with Gasteiger partial charge < -0.3 is 20.3 Å². The summed E-state index contributed by atoms with van der Waals surface area (Å²) in [5, 5.41) is 5.83. The van der Waals surface area contributed by atoms with Gasteiger partial charge in [-0.1, -0.05) is 12.1 Å². The zero-order chi connectivity index (χ0) is 19.5. The van der Waals surface area contributed by atoms with Crippen LogP contribution in [0.3, 0.4) is 0 Å². The van der Waals surface area contributed by atoms with E-state index in [1.54, 1.807) is 0 Å². The Morgan fingerprint density at radius 3 is 2.54 bits per heavy atom. The van der Waals surface area contributed by atoms with E-state index in [9.17, 15) is 14.4 Å². The van der Waals surface area contributed by atoms with E-state index in [-0.39, 0.29) is 30.2 Å². The lowest BCUT2D eigenvalue weighted by atomic mass is 10.1. The normalized spacial score (nSPS) is 21.5. The van der Waals surface area contributed by atoms with Gasteiger partial charge in [0.15, 0.2) is 6.61 Å². The lowest BCUT2D eigenvalue weighted by molar-refractivity contribution is -0.129. The first kappa shape index (κ1) is 18.8. The number of benzene rings is 1. The van der Waals surface area contributed by atoms with Gasteiger partial charge in [0.25, 0.3) is 5.91 Å². The maximum atomic E-state index is 12.3. The molecule has 7 nitrogen and oxygen atoms in total. The second-order valence-electron chi connectivity index (χ2n) is 7.99. The number of likely N-dealkylation sites (tertiary alicyclic amines) is 1. The summed E-state index contributed by atoms with van der Waals surface area (Å²) in [7, 11) is 0. The van der Waals surface area contributed by atoms with E-state index in [0.717, 1.165) is 31.2 Å². The molecular weight excluding hydrogens is 358 g/mol. The highest BCUT2D eigenvalue weighted by atomic mass is 16.5. The smallest absolute Gasteiger partial charge is 0.258 e. The second kappa shape index (κ2) is 8.20. The van der Waals surface area contributed by atoms with Crippen LogP contribution >= 0.6 is 0 Å². The van der Waals surface area contributed by atoms with Crippen molar-refractivity contribution in [3.05, 3.63) is 29.8 Å². The van der Waals surface area contributed by atoms with Crippen LogP contribution in [0.25, 0.3) is 0 Å². The Hall–Kier alpha value is -2.57. The van der Waals surface area contributed by atoms with Gasteiger partial charge >= 0.3 is 0 Å². The van der Waals surface area contributed by atoms with E-state index in [1.807, 2.05) is 29.2 Å². The quantitative estimate of drug-likeness (QED) is 0.664. The summed E-state index contributed by atoms with van der Waals surface area (Å²) in [5.74, 6) is 0.441. The second-order valence-corrected chi connectivity index (χ2v) is 7.99. The Bertz CT molecular complexity index is 741. The van der Waals surface area contributed by atoms with Gasteiger partial charge in [-0.15, -0.1) is 0 Å². The van der Waals surface area contributed by atoms with Crippen molar-refractivity contribution in [3.63, 3.8) is 0 Å². The molecule has 1 heterocycles. The van der Waals surface area contributed by atoms with Crippen molar-refractivity contribution < 1.29 is 19.1 Å². The van der Waals surface area contributed by atoms with E-state index < -0.39 is 0 Å². The Morgan fingerprint density at radius 2 is 1.86 bits per heavy atom. The number of carbonyl (C=O) groups is 3. The molecule has 1 aliphatic heterocycles. The van der Waals surface area contributed by atoms with Crippen LogP contribution in [-0.4, -0.2) is 54.4 Å². The summed E-state index contributed by atoms with van der Waals surface area (Å²) in [5.41, 5.74) is 1.08. The third-order valence-electron chi connectivity index (χ3n) is 5.47. The molecule has 3 amide bonds. The van der Waals surface area contributed by atoms with E-state index in [4.69, 9.17) is 4.74 Å². The number of rotatable bonds is 9. The molecule has 0 bridgehead atoms. The minimum Gasteiger partial charge on any atom is -0.484 e. The fourth-order valence-electron chi connectivity index (χ4n) is 3.52. The molecule has 2 saturated carbocycles. The predicted octanol–water partition coefficient (Wildman–Crippen LogP) is 1.01. The van der Waals surface area contributed by atoms with Crippen LogP contribution in [0.5, 0.6) is 5.75 Å². The molecule has 4 rings (SSSR count). The number of amides is 3. The third-order valence-corrected chi connectivity index (χ3v) is 5.47. The summed E-state index contributed by atoms with van der Waals surface area (Å²) in [6.45, 7) is 1.14. The lowest BCUT2D eigenvalue weighted by Crippen LogP contribution is -2.34. The van der Waals surface area contributed by atoms with Gasteiger partial charge in [-0.25, -0.2) is 0 Å². The van der Waals surface area contributed by atoms with Gasteiger partial charge in [-0.2, -0.15) is 0 Å². The SMILES string of the molecule is O=C(COc1ccc(CCNC(=O)C2CC(=O)N(C3CC3)C2)cc1)NC1CC1. The number of nitrogens with one attached hydrogen (secondary N) is 2. The molecule has 1 atom stereocenters. The molecule has 1 unspecified atom stereocenters. The molecule has 3 aliphatic rings. The molecule has 0 spiro atoms. The van der Waals surface area contributed by atoms with Crippen molar-refractivity contribution >= 4 is 17.7 Å². The molecule has 3 fully saturated rings. The summed E-state index contributed by atoms with van der Waals surface area (Å²) in [6.07, 6.45) is 5.32.